The first kappa shape index (κ1) is 16.0. The van der Waals surface area contributed by atoms with E-state index in [1.807, 2.05) is 4.90 Å². The number of rotatable bonds is 6. The molecular formula is C15H27NO3. The lowest BCUT2D eigenvalue weighted by Crippen LogP contribution is -2.41. The van der Waals surface area contributed by atoms with Gasteiger partial charge in [0.15, 0.2) is 0 Å². The number of carboxylic acids is 1. The molecule has 19 heavy (non-hydrogen) atoms. The first-order valence-electron chi connectivity index (χ1n) is 7.40. The largest absolute Gasteiger partial charge is 0.481 e. The highest BCUT2D eigenvalue weighted by Gasteiger charge is 2.27. The Hall–Kier alpha value is -1.06. The number of likely N-dealkylation sites (tertiary alicyclic amines) is 1. The number of carbonyl (C=O) groups is 2. The minimum absolute atomic E-state index is 0.0906. The van der Waals surface area contributed by atoms with Crippen LogP contribution < -0.4 is 0 Å². The van der Waals surface area contributed by atoms with Gasteiger partial charge < -0.3 is 10.0 Å². The molecule has 1 amide bonds. The van der Waals surface area contributed by atoms with Gasteiger partial charge in [0.05, 0.1) is 0 Å². The Kier molecular flexibility index (Phi) is 6.32. The van der Waals surface area contributed by atoms with E-state index in [1.165, 1.54) is 0 Å². The Morgan fingerprint density at radius 2 is 1.84 bits per heavy atom. The predicted octanol–water partition coefficient (Wildman–Crippen LogP) is 2.77. The molecule has 0 aromatic rings. The lowest BCUT2D eigenvalue weighted by molar-refractivity contribution is -0.140. The smallest absolute Gasteiger partial charge is 0.303 e. The summed E-state index contributed by atoms with van der Waals surface area (Å²) in [5, 5.41) is 8.80. The van der Waals surface area contributed by atoms with E-state index in [2.05, 4.69) is 20.8 Å². The van der Waals surface area contributed by atoms with Crippen molar-refractivity contribution in [3.63, 3.8) is 0 Å². The highest BCUT2D eigenvalue weighted by Crippen LogP contribution is 2.23. The van der Waals surface area contributed by atoms with Crippen LogP contribution in [-0.2, 0) is 9.59 Å². The highest BCUT2D eigenvalue weighted by atomic mass is 16.4. The summed E-state index contributed by atoms with van der Waals surface area (Å²) in [7, 11) is 0. The van der Waals surface area contributed by atoms with Crippen molar-refractivity contribution in [3.8, 4) is 0 Å². The van der Waals surface area contributed by atoms with Crippen molar-refractivity contribution in [3.05, 3.63) is 0 Å². The maximum absolute atomic E-state index is 12.5. The summed E-state index contributed by atoms with van der Waals surface area (Å²) in [5.74, 6) is 0.359. The van der Waals surface area contributed by atoms with Crippen LogP contribution in [0.5, 0.6) is 0 Å². The molecule has 1 aliphatic rings. The van der Waals surface area contributed by atoms with Crippen molar-refractivity contribution in [2.75, 3.05) is 13.1 Å². The number of carbonyl (C=O) groups excluding carboxylic acids is 1. The second-order valence-electron chi connectivity index (χ2n) is 6.27. The molecule has 0 bridgehead atoms. The van der Waals surface area contributed by atoms with Crippen LogP contribution in [0, 0.1) is 17.8 Å². The van der Waals surface area contributed by atoms with Crippen molar-refractivity contribution >= 4 is 11.9 Å². The topological polar surface area (TPSA) is 57.6 Å². The van der Waals surface area contributed by atoms with Crippen molar-refractivity contribution in [1.82, 2.24) is 4.90 Å². The van der Waals surface area contributed by atoms with E-state index in [1.54, 1.807) is 0 Å². The third-order valence-electron chi connectivity index (χ3n) is 3.91. The maximum atomic E-state index is 12.5. The van der Waals surface area contributed by atoms with Crippen LogP contribution in [0.15, 0.2) is 0 Å². The lowest BCUT2D eigenvalue weighted by Gasteiger charge is -2.33. The summed E-state index contributed by atoms with van der Waals surface area (Å²) in [6.45, 7) is 8.06. The predicted molar refractivity (Wildman–Crippen MR) is 74.8 cm³/mol. The van der Waals surface area contributed by atoms with E-state index in [-0.39, 0.29) is 18.2 Å². The normalized spacial score (nSPS) is 18.6. The van der Waals surface area contributed by atoms with Gasteiger partial charge in [-0.3, -0.25) is 9.59 Å². The average Bonchev–Trinajstić information content (AvgIpc) is 2.34. The molecule has 1 aliphatic heterocycles. The molecule has 110 valence electrons. The van der Waals surface area contributed by atoms with Crippen LogP contribution >= 0.6 is 0 Å². The maximum Gasteiger partial charge on any atom is 0.303 e. The third-order valence-corrected chi connectivity index (χ3v) is 3.91. The fourth-order valence-electron chi connectivity index (χ4n) is 2.70. The zero-order valence-electron chi connectivity index (χ0n) is 12.4. The van der Waals surface area contributed by atoms with Gasteiger partial charge >= 0.3 is 5.97 Å². The van der Waals surface area contributed by atoms with E-state index in [9.17, 15) is 9.59 Å². The average molecular weight is 269 g/mol. The van der Waals surface area contributed by atoms with Crippen LogP contribution in [0.2, 0.25) is 0 Å². The molecule has 4 heteroatoms. The van der Waals surface area contributed by atoms with Crippen molar-refractivity contribution < 1.29 is 14.7 Å². The first-order chi connectivity index (χ1) is 8.90. The Balaban J connectivity index is 2.56. The van der Waals surface area contributed by atoms with Gasteiger partial charge in [-0.05, 0) is 37.5 Å². The first-order valence-corrected chi connectivity index (χ1v) is 7.40. The molecule has 0 aliphatic carbocycles. The summed E-state index contributed by atoms with van der Waals surface area (Å²) >= 11 is 0. The van der Waals surface area contributed by atoms with E-state index < -0.39 is 5.97 Å². The van der Waals surface area contributed by atoms with Crippen LogP contribution in [-0.4, -0.2) is 35.0 Å². The SMILES string of the molecule is CC(C)CC(CCC(=O)O)C(=O)N1CCC(C)CC1. The van der Waals surface area contributed by atoms with Gasteiger partial charge in [-0.15, -0.1) is 0 Å². The van der Waals surface area contributed by atoms with Crippen LogP contribution in [0.1, 0.15) is 52.9 Å². The molecule has 1 N–H and O–H groups in total. The van der Waals surface area contributed by atoms with Gasteiger partial charge in [-0.1, -0.05) is 20.8 Å². The van der Waals surface area contributed by atoms with Crippen molar-refractivity contribution in [1.29, 1.82) is 0 Å². The minimum atomic E-state index is -0.811. The Labute approximate surface area is 116 Å². The summed E-state index contributed by atoms with van der Waals surface area (Å²) in [6.07, 6.45) is 3.49. The molecule has 1 unspecified atom stereocenters. The molecule has 1 rings (SSSR count). The summed E-state index contributed by atoms with van der Waals surface area (Å²) < 4.78 is 0. The van der Waals surface area contributed by atoms with Gasteiger partial charge in [0.1, 0.15) is 0 Å². The molecule has 4 nitrogen and oxygen atoms in total. The molecule has 1 atom stereocenters. The second-order valence-corrected chi connectivity index (χ2v) is 6.27. The van der Waals surface area contributed by atoms with E-state index in [0.29, 0.717) is 18.3 Å². The number of hydrogen-bond acceptors (Lipinski definition) is 2. The zero-order valence-corrected chi connectivity index (χ0v) is 12.4. The molecule has 1 heterocycles. The fraction of sp³-hybridized carbons (Fsp3) is 0.867. The standard InChI is InChI=1S/C15H27NO3/c1-11(2)10-13(4-5-14(17)18)15(19)16-8-6-12(3)7-9-16/h11-13H,4-10H2,1-3H3,(H,17,18). The van der Waals surface area contributed by atoms with Gasteiger partial charge in [0.2, 0.25) is 5.91 Å². The number of aliphatic carboxylic acids is 1. The molecule has 0 spiro atoms. The molecule has 0 aromatic carbocycles. The van der Waals surface area contributed by atoms with Crippen LogP contribution in [0.4, 0.5) is 0 Å². The second kappa shape index (κ2) is 7.51. The van der Waals surface area contributed by atoms with Crippen LogP contribution in [0.25, 0.3) is 0 Å². The number of piperidine rings is 1. The summed E-state index contributed by atoms with van der Waals surface area (Å²) in [5.41, 5.74) is 0. The van der Waals surface area contributed by atoms with Gasteiger partial charge in [0.25, 0.3) is 0 Å². The van der Waals surface area contributed by atoms with E-state index in [0.717, 1.165) is 32.4 Å². The number of hydrogen-bond donors (Lipinski definition) is 1. The highest BCUT2D eigenvalue weighted by molar-refractivity contribution is 5.79. The Bertz CT molecular complexity index is 307. The van der Waals surface area contributed by atoms with Crippen LogP contribution in [0.3, 0.4) is 0 Å². The van der Waals surface area contributed by atoms with E-state index in [4.69, 9.17) is 5.11 Å². The fourth-order valence-corrected chi connectivity index (χ4v) is 2.70. The summed E-state index contributed by atoms with van der Waals surface area (Å²) in [4.78, 5) is 25.1. The van der Waals surface area contributed by atoms with Crippen molar-refractivity contribution in [2.45, 2.75) is 52.9 Å². The van der Waals surface area contributed by atoms with Crippen molar-refractivity contribution in [2.24, 2.45) is 17.8 Å². The molecule has 1 fully saturated rings. The van der Waals surface area contributed by atoms with Gasteiger partial charge in [-0.25, -0.2) is 0 Å². The minimum Gasteiger partial charge on any atom is -0.481 e. The quantitative estimate of drug-likeness (QED) is 0.806. The number of nitrogens with zero attached hydrogens (tertiary/aromatic N) is 1. The lowest BCUT2D eigenvalue weighted by atomic mass is 9.90. The number of carboxylic acid groups (broad SMARTS) is 1. The zero-order chi connectivity index (χ0) is 14.4. The third kappa shape index (κ3) is 5.62. The molecular weight excluding hydrogens is 242 g/mol. The Morgan fingerprint density at radius 3 is 2.32 bits per heavy atom. The monoisotopic (exact) mass is 269 g/mol. The molecule has 1 saturated heterocycles. The van der Waals surface area contributed by atoms with Gasteiger partial charge in [0, 0.05) is 25.4 Å². The number of amides is 1. The molecule has 0 radical (unpaired) electrons. The Morgan fingerprint density at radius 1 is 1.26 bits per heavy atom. The summed E-state index contributed by atoms with van der Waals surface area (Å²) in [6, 6.07) is 0. The van der Waals surface area contributed by atoms with E-state index >= 15 is 0 Å². The molecule has 0 saturated carbocycles. The van der Waals surface area contributed by atoms with Gasteiger partial charge in [-0.2, -0.15) is 0 Å². The molecule has 0 aromatic heterocycles.